The normalized spacial score (nSPS) is 14.1. The molecule has 0 saturated carbocycles. The molecule has 120 valence electrons. The van der Waals surface area contributed by atoms with E-state index in [-0.39, 0.29) is 22.9 Å². The molecule has 0 aromatic heterocycles. The van der Waals surface area contributed by atoms with Crippen molar-refractivity contribution in [2.24, 2.45) is 0 Å². The predicted octanol–water partition coefficient (Wildman–Crippen LogP) is 4.26. The van der Waals surface area contributed by atoms with Gasteiger partial charge in [0.05, 0.1) is 6.42 Å². The molecule has 3 rings (SSSR count). The number of hydrogen-bond donors (Lipinski definition) is 1. The van der Waals surface area contributed by atoms with Gasteiger partial charge >= 0.3 is 0 Å². The highest BCUT2D eigenvalue weighted by atomic mass is 35.5. The lowest BCUT2D eigenvalue weighted by Crippen LogP contribution is -2.18. The standard InChI is InChI=1S/C18H18ClFN2O/c19-16-4-3-5-17(20)15(16)12-18(23)21-13-6-8-14(9-7-13)22-10-1-2-11-22/h3-9H,1-2,10-12H2,(H,21,23). The molecule has 0 bridgehead atoms. The number of hydrogen-bond acceptors (Lipinski definition) is 2. The quantitative estimate of drug-likeness (QED) is 0.907. The summed E-state index contributed by atoms with van der Waals surface area (Å²) in [5, 5.41) is 3.05. The molecule has 0 aliphatic carbocycles. The fraction of sp³-hybridized carbons (Fsp3) is 0.278. The molecule has 0 atom stereocenters. The van der Waals surface area contributed by atoms with Crippen LogP contribution in [0.1, 0.15) is 18.4 Å². The average Bonchev–Trinajstić information content (AvgIpc) is 3.06. The van der Waals surface area contributed by atoms with Crippen molar-refractivity contribution in [3.05, 3.63) is 58.9 Å². The molecule has 1 heterocycles. The van der Waals surface area contributed by atoms with Crippen molar-refractivity contribution in [1.29, 1.82) is 0 Å². The van der Waals surface area contributed by atoms with Crippen molar-refractivity contribution in [2.45, 2.75) is 19.3 Å². The number of anilines is 2. The van der Waals surface area contributed by atoms with Crippen LogP contribution in [0.3, 0.4) is 0 Å². The molecule has 3 nitrogen and oxygen atoms in total. The molecule has 2 aromatic rings. The van der Waals surface area contributed by atoms with Gasteiger partial charge in [-0.1, -0.05) is 17.7 Å². The van der Waals surface area contributed by atoms with Crippen LogP contribution in [0.5, 0.6) is 0 Å². The van der Waals surface area contributed by atoms with E-state index < -0.39 is 5.82 Å². The molecule has 1 fully saturated rings. The maximum absolute atomic E-state index is 13.7. The summed E-state index contributed by atoms with van der Waals surface area (Å²) >= 11 is 5.94. The van der Waals surface area contributed by atoms with Crippen molar-refractivity contribution in [3.63, 3.8) is 0 Å². The van der Waals surface area contributed by atoms with Crippen LogP contribution in [-0.2, 0) is 11.2 Å². The lowest BCUT2D eigenvalue weighted by atomic mass is 10.1. The van der Waals surface area contributed by atoms with E-state index in [1.54, 1.807) is 6.07 Å². The number of halogens is 2. The van der Waals surface area contributed by atoms with Crippen LogP contribution in [0.2, 0.25) is 5.02 Å². The molecule has 1 N–H and O–H groups in total. The van der Waals surface area contributed by atoms with E-state index in [1.807, 2.05) is 24.3 Å². The molecule has 1 aliphatic rings. The van der Waals surface area contributed by atoms with Crippen molar-refractivity contribution in [2.75, 3.05) is 23.3 Å². The Labute approximate surface area is 140 Å². The highest BCUT2D eigenvalue weighted by molar-refractivity contribution is 6.31. The first-order valence-electron chi connectivity index (χ1n) is 7.71. The highest BCUT2D eigenvalue weighted by Crippen LogP contribution is 2.23. The molecule has 0 radical (unpaired) electrons. The van der Waals surface area contributed by atoms with Crippen LogP contribution in [0.4, 0.5) is 15.8 Å². The van der Waals surface area contributed by atoms with Crippen molar-refractivity contribution < 1.29 is 9.18 Å². The van der Waals surface area contributed by atoms with Gasteiger partial charge in [0.2, 0.25) is 5.91 Å². The average molecular weight is 333 g/mol. The first-order valence-corrected chi connectivity index (χ1v) is 8.09. The minimum atomic E-state index is -0.461. The Morgan fingerprint density at radius 3 is 2.48 bits per heavy atom. The third kappa shape index (κ3) is 3.82. The summed E-state index contributed by atoms with van der Waals surface area (Å²) in [4.78, 5) is 14.4. The van der Waals surface area contributed by atoms with Gasteiger partial charge in [0, 0.05) is 35.1 Å². The second-order valence-corrected chi connectivity index (χ2v) is 6.07. The molecular weight excluding hydrogens is 315 g/mol. The van der Waals surface area contributed by atoms with Crippen molar-refractivity contribution in [3.8, 4) is 0 Å². The Bertz CT molecular complexity index is 676. The van der Waals surface area contributed by atoms with Crippen molar-refractivity contribution >= 4 is 28.9 Å². The van der Waals surface area contributed by atoms with Gasteiger partial charge in [-0.25, -0.2) is 4.39 Å². The zero-order valence-electron chi connectivity index (χ0n) is 12.7. The van der Waals surface area contributed by atoms with E-state index in [0.717, 1.165) is 18.8 Å². The summed E-state index contributed by atoms with van der Waals surface area (Å²) < 4.78 is 13.7. The Morgan fingerprint density at radius 1 is 1.13 bits per heavy atom. The maximum atomic E-state index is 13.7. The van der Waals surface area contributed by atoms with Crippen LogP contribution in [-0.4, -0.2) is 19.0 Å². The second kappa shape index (κ2) is 7.01. The number of rotatable bonds is 4. The zero-order chi connectivity index (χ0) is 16.2. The monoisotopic (exact) mass is 332 g/mol. The largest absolute Gasteiger partial charge is 0.372 e. The molecule has 1 amide bonds. The van der Waals surface area contributed by atoms with Gasteiger partial charge in [-0.2, -0.15) is 0 Å². The SMILES string of the molecule is O=C(Cc1c(F)cccc1Cl)Nc1ccc(N2CCCC2)cc1. The van der Waals surface area contributed by atoms with Gasteiger partial charge in [0.1, 0.15) is 5.82 Å². The molecule has 5 heteroatoms. The van der Waals surface area contributed by atoms with E-state index in [4.69, 9.17) is 11.6 Å². The molecule has 1 aliphatic heterocycles. The number of benzene rings is 2. The molecule has 1 saturated heterocycles. The van der Waals surface area contributed by atoms with Gasteiger partial charge in [0.25, 0.3) is 0 Å². The number of nitrogens with zero attached hydrogens (tertiary/aromatic N) is 1. The van der Waals surface area contributed by atoms with Gasteiger partial charge in [-0.3, -0.25) is 4.79 Å². The number of carbonyl (C=O) groups excluding carboxylic acids is 1. The van der Waals surface area contributed by atoms with Crippen LogP contribution >= 0.6 is 11.6 Å². The first-order chi connectivity index (χ1) is 11.1. The lowest BCUT2D eigenvalue weighted by molar-refractivity contribution is -0.115. The predicted molar refractivity (Wildman–Crippen MR) is 91.6 cm³/mol. The maximum Gasteiger partial charge on any atom is 0.228 e. The van der Waals surface area contributed by atoms with E-state index in [9.17, 15) is 9.18 Å². The summed E-state index contributed by atoms with van der Waals surface area (Å²) in [6, 6.07) is 12.1. The smallest absolute Gasteiger partial charge is 0.228 e. The molecular formula is C18H18ClFN2O. The van der Waals surface area contributed by atoms with Gasteiger partial charge in [-0.05, 0) is 49.2 Å². The van der Waals surface area contributed by atoms with Gasteiger partial charge in [0.15, 0.2) is 0 Å². The highest BCUT2D eigenvalue weighted by Gasteiger charge is 2.14. The second-order valence-electron chi connectivity index (χ2n) is 5.67. The minimum Gasteiger partial charge on any atom is -0.372 e. The first kappa shape index (κ1) is 15.8. The van der Waals surface area contributed by atoms with Gasteiger partial charge in [-0.15, -0.1) is 0 Å². The van der Waals surface area contributed by atoms with E-state index in [2.05, 4.69) is 10.2 Å². The van der Waals surface area contributed by atoms with E-state index >= 15 is 0 Å². The van der Waals surface area contributed by atoms with Crippen LogP contribution in [0, 0.1) is 5.82 Å². The van der Waals surface area contributed by atoms with Crippen LogP contribution in [0.15, 0.2) is 42.5 Å². The molecule has 2 aromatic carbocycles. The van der Waals surface area contributed by atoms with Gasteiger partial charge < -0.3 is 10.2 Å². The van der Waals surface area contributed by atoms with Crippen LogP contribution < -0.4 is 10.2 Å². The Morgan fingerprint density at radius 2 is 1.83 bits per heavy atom. The summed E-state index contributed by atoms with van der Waals surface area (Å²) in [6.45, 7) is 2.16. The van der Waals surface area contributed by atoms with Crippen molar-refractivity contribution in [1.82, 2.24) is 0 Å². The van der Waals surface area contributed by atoms with E-state index in [0.29, 0.717) is 5.69 Å². The summed E-state index contributed by atoms with van der Waals surface area (Å²) in [5.41, 5.74) is 2.09. The number of nitrogens with one attached hydrogen (secondary N) is 1. The lowest BCUT2D eigenvalue weighted by Gasteiger charge is -2.17. The number of amides is 1. The molecule has 23 heavy (non-hydrogen) atoms. The Kier molecular flexibility index (Phi) is 4.82. The Balaban J connectivity index is 1.63. The third-order valence-corrected chi connectivity index (χ3v) is 4.38. The molecule has 0 spiro atoms. The zero-order valence-corrected chi connectivity index (χ0v) is 13.4. The topological polar surface area (TPSA) is 32.3 Å². The minimum absolute atomic E-state index is 0.0839. The summed E-state index contributed by atoms with van der Waals surface area (Å²) in [5.74, 6) is -0.747. The fourth-order valence-electron chi connectivity index (χ4n) is 2.80. The Hall–Kier alpha value is -2.07. The van der Waals surface area contributed by atoms with Crippen LogP contribution in [0.25, 0.3) is 0 Å². The summed E-state index contributed by atoms with van der Waals surface area (Å²) in [6.07, 6.45) is 2.36. The van der Waals surface area contributed by atoms with E-state index in [1.165, 1.54) is 25.0 Å². The third-order valence-electron chi connectivity index (χ3n) is 4.02. The summed E-state index contributed by atoms with van der Waals surface area (Å²) in [7, 11) is 0. The molecule has 0 unspecified atom stereocenters. The fourth-order valence-corrected chi connectivity index (χ4v) is 3.03. The number of carbonyl (C=O) groups is 1.